The highest BCUT2D eigenvalue weighted by Gasteiger charge is 2.54. The van der Waals surface area contributed by atoms with Crippen molar-refractivity contribution in [3.8, 4) is 78.6 Å². The van der Waals surface area contributed by atoms with Crippen LogP contribution >= 0.6 is 0 Å². The molecule has 0 fully saturated rings. The van der Waals surface area contributed by atoms with Crippen LogP contribution < -0.4 is 19.3 Å². The minimum atomic E-state index is -2.32. The number of hydrogen-bond donors (Lipinski definition) is 0. The summed E-state index contributed by atoms with van der Waals surface area (Å²) >= 11 is 0. The molecule has 2 aliphatic carbocycles. The third kappa shape index (κ3) is 12.5. The molecule has 574 valence electrons. The third-order valence-electron chi connectivity index (χ3n) is 22.2. The van der Waals surface area contributed by atoms with Gasteiger partial charge in [-0.2, -0.15) is 0 Å². The Balaban J connectivity index is 0.764. The molecule has 0 saturated heterocycles. The molecule has 2 atom stereocenters. The van der Waals surface area contributed by atoms with Crippen LogP contribution in [-0.4, -0.2) is 0 Å². The molecule has 0 N–H and O–H groups in total. The minimum absolute atomic E-state index is 0.143. The number of fused-ring (bicyclic) bond motifs is 6. The average molecular weight is 1570 g/mol. The second-order valence-corrected chi connectivity index (χ2v) is 28.6. The van der Waals surface area contributed by atoms with Gasteiger partial charge in [0.25, 0.3) is 0 Å². The van der Waals surface area contributed by atoms with E-state index in [-0.39, 0.29) is 33.4 Å². The van der Waals surface area contributed by atoms with Crippen molar-refractivity contribution in [3.63, 3.8) is 0 Å². The molecule has 16 aromatic rings. The smallest absolute Gasteiger partial charge is 0.200 e. The van der Waals surface area contributed by atoms with E-state index in [9.17, 15) is 8.78 Å². The van der Waals surface area contributed by atoms with Crippen molar-refractivity contribution < 1.29 is 62.2 Å². The molecule has 0 bridgehead atoms. The Labute approximate surface area is 670 Å². The topological polar surface area (TPSA) is 24.9 Å². The quantitative estimate of drug-likeness (QED) is 0.0458. The maximum absolute atomic E-state index is 17.4. The number of anilines is 6. The van der Waals surface area contributed by atoms with Crippen LogP contribution in [0.5, 0.6) is 23.0 Å². The SMILES string of the molecule is C=Cc1ccc(Oc2ccc(C3(c4c(F)c(F)c(F)c(F)c4F)c4ccccc4-c4ccc(N(c5ccc(-c6ccc(F)cc6)cc5)c5ccc(-c6ccc(N(c7ccc(-c8ccc(F)cc8)cc7)c7ccc8c(c7)C(c7ccc(Oc9ccc(C=C)cc9)cc7)(c7c(F)c(F)c(F)c(F)c7F)c7ccccc7-8)cc6)cc5)cc43)cc2)cc1. The zero-order valence-electron chi connectivity index (χ0n) is 62.0. The van der Waals surface area contributed by atoms with Crippen LogP contribution in [0.1, 0.15) is 55.6 Å². The summed E-state index contributed by atoms with van der Waals surface area (Å²) in [6.45, 7) is 7.63. The Hall–Kier alpha value is -14.6. The minimum Gasteiger partial charge on any atom is -0.457 e. The summed E-state index contributed by atoms with van der Waals surface area (Å²) in [5.74, 6) is -20.6. The van der Waals surface area contributed by atoms with Crippen LogP contribution in [0.4, 0.5) is 86.8 Å². The third-order valence-corrected chi connectivity index (χ3v) is 22.2. The Morgan fingerprint density at radius 3 is 0.746 bits per heavy atom. The van der Waals surface area contributed by atoms with Crippen molar-refractivity contribution >= 4 is 46.3 Å². The molecule has 118 heavy (non-hydrogen) atoms. The lowest BCUT2D eigenvalue weighted by Crippen LogP contribution is -2.32. The fourth-order valence-corrected chi connectivity index (χ4v) is 16.7. The molecular weight excluding hydrogens is 1510 g/mol. The van der Waals surface area contributed by atoms with Gasteiger partial charge < -0.3 is 19.3 Å². The van der Waals surface area contributed by atoms with E-state index in [2.05, 4.69) is 13.2 Å². The van der Waals surface area contributed by atoms with Gasteiger partial charge in [-0.1, -0.05) is 207 Å². The first kappa shape index (κ1) is 74.8. The molecular formula is C102H60F12N2O2. The van der Waals surface area contributed by atoms with E-state index in [4.69, 9.17) is 9.47 Å². The molecule has 0 spiro atoms. The lowest BCUT2D eigenvalue weighted by Gasteiger charge is -2.35. The number of hydrogen-bond acceptors (Lipinski definition) is 4. The maximum Gasteiger partial charge on any atom is 0.200 e. The molecule has 0 radical (unpaired) electrons. The van der Waals surface area contributed by atoms with Gasteiger partial charge in [0.15, 0.2) is 46.5 Å². The van der Waals surface area contributed by atoms with E-state index >= 15 is 43.9 Å². The van der Waals surface area contributed by atoms with Crippen LogP contribution in [0.3, 0.4) is 0 Å². The summed E-state index contributed by atoms with van der Waals surface area (Å²) in [4.78, 5) is 3.76. The molecule has 0 aromatic heterocycles. The molecule has 2 aliphatic rings. The van der Waals surface area contributed by atoms with Crippen molar-refractivity contribution in [2.45, 2.75) is 10.8 Å². The first-order valence-corrected chi connectivity index (χ1v) is 37.4. The summed E-state index contributed by atoms with van der Waals surface area (Å²) in [5.41, 5.74) is 5.25. The normalized spacial score (nSPS) is 14.2. The maximum atomic E-state index is 17.4. The van der Waals surface area contributed by atoms with Crippen LogP contribution in [0, 0.1) is 69.8 Å². The summed E-state index contributed by atoms with van der Waals surface area (Å²) in [6, 6.07) is 92.2. The second-order valence-electron chi connectivity index (χ2n) is 28.6. The summed E-state index contributed by atoms with van der Waals surface area (Å²) < 4.78 is 206. The van der Waals surface area contributed by atoms with Crippen molar-refractivity contribution in [2.75, 3.05) is 9.80 Å². The summed E-state index contributed by atoms with van der Waals surface area (Å²) in [5, 5.41) is 0. The highest BCUT2D eigenvalue weighted by molar-refractivity contribution is 5.93. The molecule has 2 unspecified atom stereocenters. The van der Waals surface area contributed by atoms with Gasteiger partial charge >= 0.3 is 0 Å². The molecule has 16 heteroatoms. The van der Waals surface area contributed by atoms with E-state index < -0.39 is 91.8 Å². The van der Waals surface area contributed by atoms with Crippen molar-refractivity contribution in [2.24, 2.45) is 0 Å². The first-order chi connectivity index (χ1) is 57.3. The Morgan fingerprint density at radius 2 is 0.466 bits per heavy atom. The second kappa shape index (κ2) is 30.0. The van der Waals surface area contributed by atoms with Gasteiger partial charge in [0.1, 0.15) is 34.6 Å². The lowest BCUT2D eigenvalue weighted by atomic mass is 9.67. The molecule has 4 nitrogen and oxygen atoms in total. The molecule has 0 saturated carbocycles. The van der Waals surface area contributed by atoms with Gasteiger partial charge in [-0.25, -0.2) is 52.7 Å². The van der Waals surface area contributed by atoms with Gasteiger partial charge in [-0.05, 0) is 246 Å². The van der Waals surface area contributed by atoms with Crippen molar-refractivity contribution in [1.82, 2.24) is 0 Å². The first-order valence-electron chi connectivity index (χ1n) is 37.4. The molecule has 18 rings (SSSR count). The largest absolute Gasteiger partial charge is 0.457 e. The number of rotatable bonds is 19. The van der Waals surface area contributed by atoms with Crippen LogP contribution in [0.2, 0.25) is 0 Å². The van der Waals surface area contributed by atoms with Crippen LogP contribution in [0.15, 0.2) is 341 Å². The van der Waals surface area contributed by atoms with E-state index in [0.29, 0.717) is 102 Å². The predicted molar refractivity (Wildman–Crippen MR) is 439 cm³/mol. The van der Waals surface area contributed by atoms with Crippen LogP contribution in [-0.2, 0) is 10.8 Å². The summed E-state index contributed by atoms with van der Waals surface area (Å²) in [6.07, 6.45) is 3.35. The zero-order valence-corrected chi connectivity index (χ0v) is 62.0. The van der Waals surface area contributed by atoms with Gasteiger partial charge in [0.2, 0.25) is 11.6 Å². The Morgan fingerprint density at radius 1 is 0.229 bits per heavy atom. The standard InChI is InChI=1S/C102H60F12N2O2/c1-3-59-13-47-77(48-14-59)117-79-51-29-67(30-52-79)101(89-91(105)95(109)99(113)96(110)92(89)106)85-11-7-5-9-81(85)83-55-45-75(57-87(83)101)115(71-37-21-63(22-38-71)61-17-33-69(103)34-18-61)73-41-25-65(26-42-73)66-27-43-74(44-28-66)116(72-39-23-64(24-40-72)62-19-35-70(104)36-20-62)76-46-56-84-82-10-6-8-12-86(82)102(88(84)58-76,90-93(107)97(111)100(114)98(112)94(90)108)68-31-53-80(54-32-68)118-78-49-15-60(4-2)16-50-78/h3-58H,1-2H2. The lowest BCUT2D eigenvalue weighted by molar-refractivity contribution is 0.363. The molecule has 0 heterocycles. The fraction of sp³-hybridized carbons (Fsp3) is 0.0196. The highest BCUT2D eigenvalue weighted by Crippen LogP contribution is 2.62. The number of ether oxygens (including phenoxy) is 2. The monoisotopic (exact) mass is 1570 g/mol. The number of nitrogens with zero attached hydrogens (tertiary/aromatic N) is 2. The Kier molecular flexibility index (Phi) is 19.0. The van der Waals surface area contributed by atoms with Crippen LogP contribution in [0.25, 0.3) is 67.8 Å². The zero-order chi connectivity index (χ0) is 81.4. The number of benzene rings is 16. The van der Waals surface area contributed by atoms with E-state index in [1.807, 2.05) is 107 Å². The van der Waals surface area contributed by atoms with E-state index in [1.165, 1.54) is 24.3 Å². The van der Waals surface area contributed by atoms with E-state index in [0.717, 1.165) is 22.3 Å². The van der Waals surface area contributed by atoms with Crippen molar-refractivity contribution in [1.29, 1.82) is 0 Å². The molecule has 0 amide bonds. The van der Waals surface area contributed by atoms with Gasteiger partial charge in [-0.15, -0.1) is 0 Å². The van der Waals surface area contributed by atoms with Gasteiger partial charge in [-0.3, -0.25) is 0 Å². The molecule has 0 aliphatic heterocycles. The van der Waals surface area contributed by atoms with Gasteiger partial charge in [0.05, 0.1) is 10.8 Å². The Bertz CT molecular complexity index is 6170. The fourth-order valence-electron chi connectivity index (χ4n) is 16.7. The highest BCUT2D eigenvalue weighted by atomic mass is 19.2. The van der Waals surface area contributed by atoms with Gasteiger partial charge in [0, 0.05) is 45.3 Å². The number of halogens is 12. The van der Waals surface area contributed by atoms with E-state index in [1.54, 1.807) is 218 Å². The predicted octanol–water partition coefficient (Wildman–Crippen LogP) is 28.9. The average Bonchev–Trinajstić information content (AvgIpc) is 1.51. The van der Waals surface area contributed by atoms with Crippen molar-refractivity contribution in [3.05, 3.63) is 466 Å². The molecule has 16 aromatic carbocycles. The summed E-state index contributed by atoms with van der Waals surface area (Å²) in [7, 11) is 0.